The molecule has 3 saturated carbocycles. The van der Waals surface area contributed by atoms with E-state index in [1.165, 1.54) is 33.4 Å². The van der Waals surface area contributed by atoms with Gasteiger partial charge in [-0.1, -0.05) is 246 Å². The number of hydrogen-bond donors (Lipinski definition) is 0. The Labute approximate surface area is 598 Å². The molecule has 0 N–H and O–H groups in total. The topological polar surface area (TPSA) is 92.3 Å². The summed E-state index contributed by atoms with van der Waals surface area (Å²) in [5.74, 6) is 1.21. The smallest absolute Gasteiger partial charge is 0.183 e. The number of rotatable bonds is 10. The molecule has 0 bridgehead atoms. The molecule has 16 rings (SSSR count). The van der Waals surface area contributed by atoms with Crippen molar-refractivity contribution in [3.63, 3.8) is 0 Å². The van der Waals surface area contributed by atoms with Gasteiger partial charge >= 0.3 is 0 Å². The third-order valence-electron chi connectivity index (χ3n) is 29.4. The normalized spacial score (nSPS) is 39.2. The van der Waals surface area contributed by atoms with E-state index in [0.717, 1.165) is 22.3 Å². The predicted octanol–water partition coefficient (Wildman–Crippen LogP) is 19.5. The van der Waals surface area contributed by atoms with Crippen molar-refractivity contribution >= 4 is 0 Å². The van der Waals surface area contributed by atoms with Crippen molar-refractivity contribution in [2.45, 2.75) is 202 Å². The monoisotopic (exact) mass is 1360 g/mol. The maximum Gasteiger partial charge on any atom is 0.183 e. The molecule has 16 atom stereocenters. The lowest BCUT2D eigenvalue weighted by Gasteiger charge is -2.72. The minimum atomic E-state index is -0.610. The van der Waals surface area contributed by atoms with Gasteiger partial charge in [0, 0.05) is 82.8 Å². The van der Waals surface area contributed by atoms with Crippen LogP contribution in [0, 0.1) is 86.8 Å². The third-order valence-corrected chi connectivity index (χ3v) is 29.4. The quantitative estimate of drug-likeness (QED) is 0.135. The molecule has 536 valence electrons. The first-order valence-corrected chi connectivity index (χ1v) is 38.6. The van der Waals surface area contributed by atoms with Gasteiger partial charge < -0.3 is 47.4 Å². The van der Waals surface area contributed by atoms with E-state index in [0.29, 0.717) is 66.1 Å². The average molecular weight is 1360 g/mol. The summed E-state index contributed by atoms with van der Waals surface area (Å²) in [6, 6.07) is 49.5. The number of allylic oxidation sites excluding steroid dienone is 4. The van der Waals surface area contributed by atoms with Crippen LogP contribution in [0.4, 0.5) is 0 Å². The molecule has 10 heteroatoms. The van der Waals surface area contributed by atoms with Gasteiger partial charge in [-0.05, 0) is 129 Å². The van der Waals surface area contributed by atoms with Crippen LogP contribution in [0.2, 0.25) is 0 Å². The standard InChI is InChI=1S/C90H116O10/c1-51-53(3)87(68-33-23-62(24-34-68)77-91-43-81(11,12)44-92-77)55(5)57(7)89(70-37-27-64(28-38-70)79-95-47-83(15,16)48-96-79)59(9)60(10)90(71-39-29-65(30-40-71)80-97-49-84(17,18)50-98-80)58(8)56(6)88(69-35-25-63(26-36-69)78-93-45-82(13,14)46-94-78)54(4)52(2)86(51,72-73(87)75(89)76(90)74(72)88)67-31-21-61(22-32-67)66-41-99-85(19,20)100-42-66/h21-40,51-60,66,72,77-80H,41-50H2,1-20H3/t51-,52?,53?,54?,55-,56+,57+,58?,59?,60+,72?,86?,87?,88?,89?,90?/m1/s1. The van der Waals surface area contributed by atoms with E-state index in [4.69, 9.17) is 47.4 Å². The third kappa shape index (κ3) is 9.74. The Balaban J connectivity index is 1.02. The molecule has 6 aliphatic carbocycles. The van der Waals surface area contributed by atoms with Crippen LogP contribution < -0.4 is 0 Å². The highest BCUT2D eigenvalue weighted by Crippen LogP contribution is 2.86. The van der Waals surface area contributed by atoms with Gasteiger partial charge in [-0.15, -0.1) is 0 Å². The number of hydrogen-bond acceptors (Lipinski definition) is 10. The maximum absolute atomic E-state index is 6.63. The molecule has 5 aliphatic heterocycles. The van der Waals surface area contributed by atoms with Crippen molar-refractivity contribution in [3.05, 3.63) is 199 Å². The van der Waals surface area contributed by atoms with Crippen molar-refractivity contribution in [1.82, 2.24) is 0 Å². The van der Waals surface area contributed by atoms with E-state index >= 15 is 0 Å². The highest BCUT2D eigenvalue weighted by molar-refractivity contribution is 5.78. The second kappa shape index (κ2) is 23.8. The fraction of sp³-hybridized carbons (Fsp3) is 0.622. The molecular weight excluding hydrogens is 1240 g/mol. The van der Waals surface area contributed by atoms with Crippen LogP contribution in [0.15, 0.2) is 144 Å². The summed E-state index contributed by atoms with van der Waals surface area (Å²) in [6.07, 6.45) is -1.72. The van der Waals surface area contributed by atoms with Crippen LogP contribution in [-0.4, -0.2) is 71.9 Å². The van der Waals surface area contributed by atoms with Gasteiger partial charge in [-0.25, -0.2) is 0 Å². The van der Waals surface area contributed by atoms with Crippen LogP contribution in [0.1, 0.15) is 225 Å². The predicted molar refractivity (Wildman–Crippen MR) is 392 cm³/mol. The van der Waals surface area contributed by atoms with Crippen LogP contribution in [0.3, 0.4) is 0 Å². The lowest BCUT2D eigenvalue weighted by Crippen LogP contribution is -2.70. The van der Waals surface area contributed by atoms with E-state index in [9.17, 15) is 0 Å². The Morgan fingerprint density at radius 3 is 0.750 bits per heavy atom. The van der Waals surface area contributed by atoms with E-state index in [-0.39, 0.29) is 98.1 Å². The lowest BCUT2D eigenvalue weighted by molar-refractivity contribution is -0.251. The number of ether oxygens (including phenoxy) is 10. The van der Waals surface area contributed by atoms with Gasteiger partial charge in [0.25, 0.3) is 0 Å². The van der Waals surface area contributed by atoms with E-state index in [1.54, 1.807) is 22.3 Å². The van der Waals surface area contributed by atoms with Gasteiger partial charge in [-0.2, -0.15) is 0 Å². The van der Waals surface area contributed by atoms with Crippen LogP contribution in [0.5, 0.6) is 0 Å². The first-order chi connectivity index (χ1) is 47.3. The van der Waals surface area contributed by atoms with Crippen molar-refractivity contribution in [3.8, 4) is 0 Å². The Kier molecular flexibility index (Phi) is 16.6. The Hall–Kier alpha value is -4.82. The van der Waals surface area contributed by atoms with Gasteiger partial charge in [0.1, 0.15) is 0 Å². The summed E-state index contributed by atoms with van der Waals surface area (Å²) in [5.41, 5.74) is 16.9. The van der Waals surface area contributed by atoms with Gasteiger partial charge in [0.2, 0.25) is 0 Å². The largest absolute Gasteiger partial charge is 0.350 e. The zero-order valence-electron chi connectivity index (χ0n) is 63.9. The fourth-order valence-corrected chi connectivity index (χ4v) is 23.9. The van der Waals surface area contributed by atoms with Crippen LogP contribution in [-0.2, 0) is 74.4 Å². The minimum absolute atomic E-state index is 0.0128. The second-order valence-corrected chi connectivity index (χ2v) is 37.6. The first kappa shape index (κ1) is 69.5. The first-order valence-electron chi connectivity index (χ1n) is 38.6. The van der Waals surface area contributed by atoms with Crippen molar-refractivity contribution in [2.24, 2.45) is 86.8 Å². The highest BCUT2D eigenvalue weighted by atomic mass is 16.7. The summed E-state index contributed by atoms with van der Waals surface area (Å²) < 4.78 is 65.9. The van der Waals surface area contributed by atoms with Gasteiger partial charge in [0.05, 0.1) is 66.1 Å². The molecule has 5 aromatic rings. The molecule has 0 amide bonds. The summed E-state index contributed by atoms with van der Waals surface area (Å²) in [5, 5.41) is 0. The molecule has 10 nitrogen and oxygen atoms in total. The van der Waals surface area contributed by atoms with Gasteiger partial charge in [-0.3, -0.25) is 0 Å². The lowest BCUT2D eigenvalue weighted by atomic mass is 9.30. The number of benzene rings is 5. The fourth-order valence-electron chi connectivity index (χ4n) is 23.9. The molecule has 11 unspecified atom stereocenters. The van der Waals surface area contributed by atoms with Crippen LogP contribution in [0.25, 0.3) is 0 Å². The second-order valence-electron chi connectivity index (χ2n) is 37.6. The van der Waals surface area contributed by atoms with Crippen molar-refractivity contribution in [2.75, 3.05) is 66.1 Å². The molecule has 5 heterocycles. The van der Waals surface area contributed by atoms with E-state index in [1.807, 2.05) is 13.8 Å². The zero-order chi connectivity index (χ0) is 70.6. The molecular formula is C90H116O10. The highest BCUT2D eigenvalue weighted by Gasteiger charge is 2.82. The molecule has 0 spiro atoms. The maximum atomic E-state index is 6.63. The van der Waals surface area contributed by atoms with E-state index < -0.39 is 52.6 Å². The minimum Gasteiger partial charge on any atom is -0.350 e. The van der Waals surface area contributed by atoms with Crippen molar-refractivity contribution in [1.29, 1.82) is 0 Å². The van der Waals surface area contributed by atoms with E-state index in [2.05, 4.69) is 246 Å². The molecule has 5 aromatic carbocycles. The summed E-state index contributed by atoms with van der Waals surface area (Å²) >= 11 is 0. The average Bonchev–Trinajstić information content (AvgIpc) is 1.43. The molecule has 100 heavy (non-hydrogen) atoms. The molecule has 5 saturated heterocycles. The molecule has 0 radical (unpaired) electrons. The molecule has 11 aliphatic rings. The molecule has 0 aromatic heterocycles. The SMILES string of the molecule is CC1[C@@H](C)C2(c3ccc(C4COC(C)(C)OC4)cc3)C3C4=C5C6=C3C(c3ccc(C7OCC(C)(C)CO7)cc3)(C(C)C2C)[C@@H](C)C(C)C6(c2ccc(C3OCC(C)(C)CO3)cc2)[C@@H](C)C(C)C5(c2ccc(C3OCC(C)(C)CO3)cc2)[C@@H](C)[C@@H](C)C41c1ccc(C2OCC(C)(C)CO2)cc1. The van der Waals surface area contributed by atoms with Crippen molar-refractivity contribution < 1.29 is 47.4 Å². The Morgan fingerprint density at radius 2 is 0.480 bits per heavy atom. The molecule has 8 fully saturated rings. The van der Waals surface area contributed by atoms with Gasteiger partial charge in [0.15, 0.2) is 30.9 Å². The van der Waals surface area contributed by atoms with Crippen LogP contribution >= 0.6 is 0 Å². The zero-order valence-corrected chi connectivity index (χ0v) is 63.9. The summed E-state index contributed by atoms with van der Waals surface area (Å²) in [7, 11) is 0. The Bertz CT molecular complexity index is 3720. The summed E-state index contributed by atoms with van der Waals surface area (Å²) in [6.45, 7) is 55.4. The summed E-state index contributed by atoms with van der Waals surface area (Å²) in [4.78, 5) is 0. The Morgan fingerprint density at radius 1 is 0.260 bits per heavy atom.